The van der Waals surface area contributed by atoms with Crippen LogP contribution in [0.4, 0.5) is 8.78 Å². The van der Waals surface area contributed by atoms with Crippen molar-refractivity contribution in [1.82, 2.24) is 14.8 Å². The highest BCUT2D eigenvalue weighted by Crippen LogP contribution is 2.34. The summed E-state index contributed by atoms with van der Waals surface area (Å²) in [6.45, 7) is 7.46. The van der Waals surface area contributed by atoms with E-state index in [1.807, 2.05) is 50.2 Å². The molecule has 0 N–H and O–H groups in total. The van der Waals surface area contributed by atoms with E-state index < -0.39 is 0 Å². The summed E-state index contributed by atoms with van der Waals surface area (Å²) in [6.07, 6.45) is 4.92. The lowest BCUT2D eigenvalue weighted by molar-refractivity contribution is -0.127. The van der Waals surface area contributed by atoms with Gasteiger partial charge in [0.1, 0.15) is 36.3 Å². The molecule has 262 valence electrons. The van der Waals surface area contributed by atoms with Gasteiger partial charge in [0.05, 0.1) is 11.2 Å². The van der Waals surface area contributed by atoms with Gasteiger partial charge in [-0.05, 0) is 90.7 Å². The van der Waals surface area contributed by atoms with Crippen LogP contribution in [0.2, 0.25) is 5.02 Å². The highest BCUT2D eigenvalue weighted by Gasteiger charge is 2.20. The molecule has 0 bridgehead atoms. The fourth-order valence-electron chi connectivity index (χ4n) is 5.61. The molecule has 51 heavy (non-hydrogen) atoms. The Labute approximate surface area is 301 Å². The second-order valence-electron chi connectivity index (χ2n) is 12.5. The maximum absolute atomic E-state index is 14.8. The molecule has 1 aliphatic rings. The van der Waals surface area contributed by atoms with Gasteiger partial charge in [-0.3, -0.25) is 9.69 Å². The highest BCUT2D eigenvalue weighted by molar-refractivity contribution is 6.32. The van der Waals surface area contributed by atoms with Crippen molar-refractivity contribution in [3.05, 3.63) is 153 Å². The summed E-state index contributed by atoms with van der Waals surface area (Å²) in [5, 5.41) is 0.405. The van der Waals surface area contributed by atoms with Crippen molar-refractivity contribution < 1.29 is 27.8 Å². The van der Waals surface area contributed by atoms with E-state index in [9.17, 15) is 13.6 Å². The van der Waals surface area contributed by atoms with Crippen molar-refractivity contribution in [3.8, 4) is 23.1 Å². The van der Waals surface area contributed by atoms with Crippen molar-refractivity contribution in [2.24, 2.45) is 0 Å². The van der Waals surface area contributed by atoms with Crippen molar-refractivity contribution in [3.63, 3.8) is 0 Å². The van der Waals surface area contributed by atoms with Crippen LogP contribution in [-0.4, -0.2) is 46.9 Å². The number of halogens is 3. The molecule has 6 rings (SSSR count). The number of carbonyl (C=O) groups excluding carboxylic acids is 1. The fraction of sp³-hybridized carbons (Fsp3) is 0.220. The van der Waals surface area contributed by atoms with Gasteiger partial charge in [0, 0.05) is 50.4 Å². The third-order valence-corrected chi connectivity index (χ3v) is 8.81. The van der Waals surface area contributed by atoms with Crippen molar-refractivity contribution in [2.45, 2.75) is 33.6 Å². The van der Waals surface area contributed by atoms with E-state index in [4.69, 9.17) is 25.8 Å². The third-order valence-electron chi connectivity index (χ3n) is 8.53. The Morgan fingerprint density at radius 2 is 1.53 bits per heavy atom. The molecule has 0 aliphatic carbocycles. The summed E-state index contributed by atoms with van der Waals surface area (Å²) >= 11 is 6.60. The van der Waals surface area contributed by atoms with Gasteiger partial charge in [-0.2, -0.15) is 0 Å². The second kappa shape index (κ2) is 16.6. The minimum Gasteiger partial charge on any atom is -0.489 e. The number of piperazine rings is 1. The number of hydrogen-bond donors (Lipinski definition) is 0. The molecule has 7 nitrogen and oxygen atoms in total. The van der Waals surface area contributed by atoms with Crippen LogP contribution in [0.1, 0.15) is 33.4 Å². The first-order chi connectivity index (χ1) is 24.7. The Morgan fingerprint density at radius 1 is 0.824 bits per heavy atom. The highest BCUT2D eigenvalue weighted by atomic mass is 35.5. The first kappa shape index (κ1) is 35.6. The summed E-state index contributed by atoms with van der Waals surface area (Å²) < 4.78 is 45.3. The minimum absolute atomic E-state index is 0.0494. The molecule has 4 aromatic carbocycles. The largest absolute Gasteiger partial charge is 0.489 e. The fourth-order valence-corrected chi connectivity index (χ4v) is 5.92. The maximum atomic E-state index is 14.8. The number of nitrogens with zero attached hydrogens (tertiary/aromatic N) is 3. The molecule has 2 heterocycles. The first-order valence-electron chi connectivity index (χ1n) is 16.7. The summed E-state index contributed by atoms with van der Waals surface area (Å²) in [5.74, 6) is 1.18. The Balaban J connectivity index is 0.958. The molecule has 0 atom stereocenters. The van der Waals surface area contributed by atoms with Crippen LogP contribution in [0.15, 0.2) is 103 Å². The molecule has 0 radical (unpaired) electrons. The van der Waals surface area contributed by atoms with Gasteiger partial charge in [-0.15, -0.1) is 0 Å². The zero-order valence-corrected chi connectivity index (χ0v) is 29.2. The molecule has 1 saturated heterocycles. The number of aryl methyl sites for hydroxylation is 2. The lowest BCUT2D eigenvalue weighted by Gasteiger charge is -2.34. The third kappa shape index (κ3) is 9.93. The Hall–Kier alpha value is -5.25. The molecule has 0 saturated carbocycles. The number of amides is 1. The van der Waals surface area contributed by atoms with Crippen LogP contribution in [0.25, 0.3) is 6.08 Å². The van der Waals surface area contributed by atoms with Gasteiger partial charge >= 0.3 is 0 Å². The topological polar surface area (TPSA) is 64.1 Å². The Kier molecular flexibility index (Phi) is 11.6. The molecule has 1 aliphatic heterocycles. The molecule has 5 aromatic rings. The number of pyridine rings is 1. The van der Waals surface area contributed by atoms with Crippen LogP contribution in [-0.2, 0) is 24.6 Å². The van der Waals surface area contributed by atoms with E-state index >= 15 is 0 Å². The monoisotopic (exact) mass is 709 g/mol. The predicted octanol–water partition coefficient (Wildman–Crippen LogP) is 8.94. The summed E-state index contributed by atoms with van der Waals surface area (Å²) in [7, 11) is 0. The number of benzene rings is 4. The van der Waals surface area contributed by atoms with Crippen LogP contribution in [0.3, 0.4) is 0 Å². The summed E-state index contributed by atoms with van der Waals surface area (Å²) in [6, 6.07) is 26.1. The number of hydrogen-bond acceptors (Lipinski definition) is 6. The first-order valence-corrected chi connectivity index (χ1v) is 17.0. The molecule has 1 fully saturated rings. The number of carbonyl (C=O) groups is 1. The van der Waals surface area contributed by atoms with Gasteiger partial charge in [0.15, 0.2) is 5.75 Å². The SMILES string of the molecule is Cc1ccc(COc2ccc(Oc3c(C)cc(C=CC(=O)N4CCN(Cc5ccc(COc6ccc(F)cc6)c(F)c5)CC4)cc3Cl)nc2)cc1. The lowest BCUT2D eigenvalue weighted by Crippen LogP contribution is -2.47. The molecular weight excluding hydrogens is 672 g/mol. The molecule has 10 heteroatoms. The Morgan fingerprint density at radius 3 is 2.22 bits per heavy atom. The predicted molar refractivity (Wildman–Crippen MR) is 194 cm³/mol. The van der Waals surface area contributed by atoms with Crippen LogP contribution < -0.4 is 14.2 Å². The van der Waals surface area contributed by atoms with Gasteiger partial charge in [-0.1, -0.05) is 53.6 Å². The zero-order valence-electron chi connectivity index (χ0n) is 28.5. The van der Waals surface area contributed by atoms with E-state index in [0.29, 0.717) is 73.0 Å². The number of aromatic nitrogens is 1. The summed E-state index contributed by atoms with van der Waals surface area (Å²) in [5.41, 5.74) is 5.11. The quantitative estimate of drug-likeness (QED) is 0.121. The lowest BCUT2D eigenvalue weighted by atomic mass is 10.1. The van der Waals surface area contributed by atoms with Crippen LogP contribution in [0, 0.1) is 25.5 Å². The summed E-state index contributed by atoms with van der Waals surface area (Å²) in [4.78, 5) is 21.4. The molecule has 1 amide bonds. The molecular formula is C41H38ClF2N3O4. The van der Waals surface area contributed by atoms with E-state index in [1.54, 1.807) is 47.5 Å². The molecule has 0 spiro atoms. The smallest absolute Gasteiger partial charge is 0.246 e. The normalized spacial score (nSPS) is 13.4. The van der Waals surface area contributed by atoms with Crippen molar-refractivity contribution in [2.75, 3.05) is 26.2 Å². The van der Waals surface area contributed by atoms with Crippen LogP contribution >= 0.6 is 11.6 Å². The van der Waals surface area contributed by atoms with E-state index in [-0.39, 0.29) is 24.1 Å². The van der Waals surface area contributed by atoms with E-state index in [0.717, 1.165) is 22.3 Å². The average Bonchev–Trinajstić information content (AvgIpc) is 3.13. The number of rotatable bonds is 12. The number of ether oxygens (including phenoxy) is 3. The van der Waals surface area contributed by atoms with Gasteiger partial charge in [-0.25, -0.2) is 13.8 Å². The minimum atomic E-state index is -0.355. The standard InChI is InChI=1S/C41H38ClF2N3O4/c1-28-3-5-30(6-4-28)26-49-36-14-15-39(45-24-36)51-41-29(2)21-31(22-37(41)42)8-16-40(48)47-19-17-46(18-20-47)25-32-7-9-33(38(44)23-32)27-50-35-12-10-34(43)11-13-35/h3-16,21-24H,17-20,25-27H2,1-2H3. The Bertz CT molecular complexity index is 1960. The average molecular weight is 710 g/mol. The second-order valence-corrected chi connectivity index (χ2v) is 12.9. The van der Waals surface area contributed by atoms with Crippen molar-refractivity contribution in [1.29, 1.82) is 0 Å². The van der Waals surface area contributed by atoms with E-state index in [2.05, 4.69) is 9.88 Å². The maximum Gasteiger partial charge on any atom is 0.246 e. The van der Waals surface area contributed by atoms with Gasteiger partial charge in [0.25, 0.3) is 0 Å². The van der Waals surface area contributed by atoms with Crippen molar-refractivity contribution >= 4 is 23.6 Å². The zero-order chi connectivity index (χ0) is 35.7. The van der Waals surface area contributed by atoms with E-state index in [1.165, 1.54) is 35.9 Å². The molecule has 0 unspecified atom stereocenters. The van der Waals surface area contributed by atoms with Gasteiger partial charge < -0.3 is 19.1 Å². The molecule has 1 aromatic heterocycles. The van der Waals surface area contributed by atoms with Crippen LogP contribution in [0.5, 0.6) is 23.1 Å². The van der Waals surface area contributed by atoms with Gasteiger partial charge in [0.2, 0.25) is 11.8 Å².